The summed E-state index contributed by atoms with van der Waals surface area (Å²) >= 11 is 0. The number of carbonyl (C=O) groups is 2. The molecule has 1 aromatic carbocycles. The van der Waals surface area contributed by atoms with E-state index in [1.807, 2.05) is 0 Å². The monoisotopic (exact) mass is 342 g/mol. The van der Waals surface area contributed by atoms with Crippen LogP contribution in [0.25, 0.3) is 0 Å². The van der Waals surface area contributed by atoms with Gasteiger partial charge in [0, 0.05) is 30.3 Å². The van der Waals surface area contributed by atoms with Crippen molar-refractivity contribution in [2.75, 3.05) is 11.9 Å². The predicted molar refractivity (Wildman–Crippen MR) is 93.5 cm³/mol. The maximum Gasteiger partial charge on any atom is 0.322 e. The number of amides is 2. The molecule has 2 aromatic rings. The van der Waals surface area contributed by atoms with E-state index in [0.29, 0.717) is 30.0 Å². The van der Waals surface area contributed by atoms with Crippen molar-refractivity contribution in [2.45, 2.75) is 38.3 Å². The van der Waals surface area contributed by atoms with E-state index in [1.54, 1.807) is 41.3 Å². The molecule has 0 radical (unpaired) electrons. The molecule has 0 aliphatic carbocycles. The molecule has 1 aliphatic rings. The Labute approximate surface area is 146 Å². The number of hydrogen-bond donors (Lipinski definition) is 2. The van der Waals surface area contributed by atoms with Gasteiger partial charge in [0.05, 0.1) is 6.26 Å². The summed E-state index contributed by atoms with van der Waals surface area (Å²) < 4.78 is 5.23. The van der Waals surface area contributed by atoms with E-state index < -0.39 is 6.10 Å². The maximum atomic E-state index is 12.6. The fraction of sp³-hybridized carbons (Fsp3) is 0.368. The predicted octanol–water partition coefficient (Wildman–Crippen LogP) is 3.60. The first-order chi connectivity index (χ1) is 12.0. The van der Waals surface area contributed by atoms with E-state index in [9.17, 15) is 14.7 Å². The zero-order valence-corrected chi connectivity index (χ0v) is 14.1. The second-order valence-electron chi connectivity index (χ2n) is 6.32. The molecule has 6 heteroatoms. The van der Waals surface area contributed by atoms with Crippen LogP contribution in [0.4, 0.5) is 10.5 Å². The van der Waals surface area contributed by atoms with Crippen LogP contribution in [0, 0.1) is 0 Å². The Hall–Kier alpha value is -2.60. The Morgan fingerprint density at radius 1 is 1.36 bits per heavy atom. The van der Waals surface area contributed by atoms with Gasteiger partial charge in [0.1, 0.15) is 11.9 Å². The number of aliphatic hydroxyl groups is 1. The van der Waals surface area contributed by atoms with Gasteiger partial charge in [-0.3, -0.25) is 4.79 Å². The van der Waals surface area contributed by atoms with Crippen LogP contribution >= 0.6 is 0 Å². The van der Waals surface area contributed by atoms with Crippen molar-refractivity contribution < 1.29 is 19.1 Å². The molecule has 0 spiro atoms. The topological polar surface area (TPSA) is 82.8 Å². The molecule has 0 unspecified atom stereocenters. The molecular weight excluding hydrogens is 320 g/mol. The van der Waals surface area contributed by atoms with Crippen LogP contribution in [0.5, 0.6) is 0 Å². The van der Waals surface area contributed by atoms with Gasteiger partial charge in [-0.25, -0.2) is 4.79 Å². The molecule has 0 bridgehead atoms. The summed E-state index contributed by atoms with van der Waals surface area (Å²) in [5.41, 5.74) is 1.15. The quantitative estimate of drug-likeness (QED) is 0.813. The Bertz CT molecular complexity index is 742. The number of likely N-dealkylation sites (tertiary alicyclic amines) is 1. The molecule has 2 N–H and O–H groups in total. The fourth-order valence-corrected chi connectivity index (χ4v) is 3.21. The van der Waals surface area contributed by atoms with Gasteiger partial charge in [0.2, 0.25) is 0 Å². The van der Waals surface area contributed by atoms with Gasteiger partial charge in [-0.1, -0.05) is 12.1 Å². The normalized spacial score (nSPS) is 18.2. The summed E-state index contributed by atoms with van der Waals surface area (Å²) in [6.07, 6.45) is 2.98. The average Bonchev–Trinajstić information content (AvgIpc) is 3.26. The van der Waals surface area contributed by atoms with Crippen molar-refractivity contribution in [3.05, 3.63) is 54.0 Å². The summed E-state index contributed by atoms with van der Waals surface area (Å²) in [5, 5.41) is 13.1. The lowest BCUT2D eigenvalue weighted by Crippen LogP contribution is -2.39. The van der Waals surface area contributed by atoms with Crippen molar-refractivity contribution in [1.82, 2.24) is 4.90 Å². The highest BCUT2D eigenvalue weighted by Gasteiger charge is 2.31. The van der Waals surface area contributed by atoms with Crippen molar-refractivity contribution >= 4 is 17.5 Å². The number of nitrogens with one attached hydrogen (secondary N) is 1. The zero-order valence-electron chi connectivity index (χ0n) is 14.1. The minimum Gasteiger partial charge on any atom is -0.467 e. The van der Waals surface area contributed by atoms with Crippen LogP contribution in [-0.2, 0) is 0 Å². The summed E-state index contributed by atoms with van der Waals surface area (Å²) in [5.74, 6) is 0.470. The summed E-state index contributed by atoms with van der Waals surface area (Å²) in [4.78, 5) is 25.8. The standard InChI is InChI=1S/C19H22N2O4/c1-13(22)14-5-2-6-15(11-14)20-19(24)21-9-3-7-16(21)12-17(23)18-8-4-10-25-18/h2,4-6,8,10-11,16-17,23H,3,7,9,12H2,1H3,(H,20,24)/t16-,17-/m1/s1. The first-order valence-corrected chi connectivity index (χ1v) is 8.44. The van der Waals surface area contributed by atoms with Crippen molar-refractivity contribution in [1.29, 1.82) is 0 Å². The molecule has 1 saturated heterocycles. The summed E-state index contributed by atoms with van der Waals surface area (Å²) in [6.45, 7) is 2.14. The van der Waals surface area contributed by atoms with E-state index in [1.165, 1.54) is 13.2 Å². The highest BCUT2D eigenvalue weighted by Crippen LogP contribution is 2.28. The molecule has 6 nitrogen and oxygen atoms in total. The Morgan fingerprint density at radius 3 is 2.92 bits per heavy atom. The van der Waals surface area contributed by atoms with Crippen LogP contribution in [0.15, 0.2) is 47.1 Å². The number of benzene rings is 1. The van der Waals surface area contributed by atoms with Gasteiger partial charge in [-0.15, -0.1) is 0 Å². The SMILES string of the molecule is CC(=O)c1cccc(NC(=O)N2CCC[C@@H]2C[C@@H](O)c2ccco2)c1. The number of ketones is 1. The number of furan rings is 1. The molecule has 3 rings (SSSR count). The van der Waals surface area contributed by atoms with Crippen LogP contribution in [0.2, 0.25) is 0 Å². The van der Waals surface area contributed by atoms with Gasteiger partial charge < -0.3 is 19.7 Å². The molecule has 132 valence electrons. The highest BCUT2D eigenvalue weighted by molar-refractivity contribution is 5.96. The minimum absolute atomic E-state index is 0.0447. The smallest absolute Gasteiger partial charge is 0.322 e. The number of anilines is 1. The van der Waals surface area contributed by atoms with E-state index in [0.717, 1.165) is 12.8 Å². The van der Waals surface area contributed by atoms with Crippen molar-refractivity contribution in [2.24, 2.45) is 0 Å². The molecular formula is C19H22N2O4. The lowest BCUT2D eigenvalue weighted by Gasteiger charge is -2.26. The van der Waals surface area contributed by atoms with Crippen molar-refractivity contribution in [3.8, 4) is 0 Å². The molecule has 2 amide bonds. The number of rotatable bonds is 5. The number of Topliss-reactive ketones (excluding diaryl/α,β-unsaturated/α-hetero) is 1. The molecule has 2 heterocycles. The van der Waals surface area contributed by atoms with E-state index in [2.05, 4.69) is 5.32 Å². The first-order valence-electron chi connectivity index (χ1n) is 8.44. The minimum atomic E-state index is -0.727. The van der Waals surface area contributed by atoms with E-state index in [-0.39, 0.29) is 17.9 Å². The second kappa shape index (κ2) is 7.53. The molecule has 25 heavy (non-hydrogen) atoms. The van der Waals surface area contributed by atoms with Crippen LogP contribution < -0.4 is 5.32 Å². The molecule has 2 atom stereocenters. The van der Waals surface area contributed by atoms with E-state index in [4.69, 9.17) is 4.42 Å². The van der Waals surface area contributed by atoms with Crippen LogP contribution in [0.1, 0.15) is 48.4 Å². The molecule has 1 aromatic heterocycles. The number of carbonyl (C=O) groups excluding carboxylic acids is 2. The zero-order chi connectivity index (χ0) is 17.8. The Balaban J connectivity index is 1.64. The number of nitrogens with zero attached hydrogens (tertiary/aromatic N) is 1. The van der Waals surface area contributed by atoms with Gasteiger partial charge in [-0.05, 0) is 44.0 Å². The van der Waals surface area contributed by atoms with E-state index >= 15 is 0 Å². The summed E-state index contributed by atoms with van der Waals surface area (Å²) in [7, 11) is 0. The largest absolute Gasteiger partial charge is 0.467 e. The second-order valence-corrected chi connectivity index (χ2v) is 6.32. The maximum absolute atomic E-state index is 12.6. The molecule has 1 aliphatic heterocycles. The van der Waals surface area contributed by atoms with Gasteiger partial charge in [0.15, 0.2) is 5.78 Å². The van der Waals surface area contributed by atoms with Gasteiger partial charge >= 0.3 is 6.03 Å². The van der Waals surface area contributed by atoms with Crippen molar-refractivity contribution in [3.63, 3.8) is 0 Å². The summed E-state index contributed by atoms with van der Waals surface area (Å²) in [6, 6.07) is 10.1. The van der Waals surface area contributed by atoms with Crippen LogP contribution in [-0.4, -0.2) is 34.4 Å². The highest BCUT2D eigenvalue weighted by atomic mass is 16.4. The number of hydrogen-bond acceptors (Lipinski definition) is 4. The van der Waals surface area contributed by atoms with Crippen LogP contribution in [0.3, 0.4) is 0 Å². The Morgan fingerprint density at radius 2 is 2.20 bits per heavy atom. The fourth-order valence-electron chi connectivity index (χ4n) is 3.21. The van der Waals surface area contributed by atoms with Gasteiger partial charge in [-0.2, -0.15) is 0 Å². The number of urea groups is 1. The molecule has 0 saturated carbocycles. The Kier molecular flexibility index (Phi) is 5.19. The third kappa shape index (κ3) is 4.09. The lowest BCUT2D eigenvalue weighted by molar-refractivity contribution is 0.101. The average molecular weight is 342 g/mol. The molecule has 1 fully saturated rings. The third-order valence-corrected chi connectivity index (χ3v) is 4.53. The third-order valence-electron chi connectivity index (χ3n) is 4.53. The first kappa shape index (κ1) is 17.2. The number of aliphatic hydroxyl groups excluding tert-OH is 1. The van der Waals surface area contributed by atoms with Gasteiger partial charge in [0.25, 0.3) is 0 Å². The lowest BCUT2D eigenvalue weighted by atomic mass is 10.1.